The smallest absolute Gasteiger partial charge is 0.257 e. The Balaban J connectivity index is 1.88. The number of hydrogen-bond donors (Lipinski definition) is 3. The fourth-order valence-corrected chi connectivity index (χ4v) is 2.53. The van der Waals surface area contributed by atoms with E-state index in [4.69, 9.17) is 17.0 Å². The second kappa shape index (κ2) is 9.77. The molecule has 0 aromatic heterocycles. The first-order valence-corrected chi connectivity index (χ1v) is 9.05. The molecule has 1 amide bonds. The third kappa shape index (κ3) is 6.04. The molecule has 2 aromatic rings. The van der Waals surface area contributed by atoms with E-state index in [0.717, 1.165) is 30.6 Å². The minimum atomic E-state index is -0.327. The zero-order valence-corrected chi connectivity index (χ0v) is 15.9. The lowest BCUT2D eigenvalue weighted by atomic mass is 10.2. The van der Waals surface area contributed by atoms with E-state index in [1.54, 1.807) is 42.5 Å². The van der Waals surface area contributed by atoms with Crippen LogP contribution in [0.1, 0.15) is 42.1 Å². The van der Waals surface area contributed by atoms with Crippen LogP contribution < -0.4 is 15.4 Å². The highest BCUT2D eigenvalue weighted by Crippen LogP contribution is 2.23. The van der Waals surface area contributed by atoms with Crippen molar-refractivity contribution < 1.29 is 14.6 Å². The average Bonchev–Trinajstić information content (AvgIpc) is 2.62. The average molecular weight is 372 g/mol. The maximum absolute atomic E-state index is 12.3. The van der Waals surface area contributed by atoms with Gasteiger partial charge in [0.1, 0.15) is 11.5 Å². The molecule has 3 N–H and O–H groups in total. The Kier molecular flexibility index (Phi) is 7.41. The van der Waals surface area contributed by atoms with E-state index in [1.165, 1.54) is 0 Å². The van der Waals surface area contributed by atoms with E-state index in [9.17, 15) is 9.90 Å². The lowest BCUT2D eigenvalue weighted by Gasteiger charge is -2.12. The lowest BCUT2D eigenvalue weighted by Crippen LogP contribution is -2.34. The van der Waals surface area contributed by atoms with Gasteiger partial charge in [0, 0.05) is 5.56 Å². The summed E-state index contributed by atoms with van der Waals surface area (Å²) < 4.78 is 5.63. The minimum absolute atomic E-state index is 0.0665. The molecule has 0 unspecified atom stereocenters. The molecule has 0 spiro atoms. The zero-order chi connectivity index (χ0) is 18.9. The van der Waals surface area contributed by atoms with Crippen molar-refractivity contribution in [3.63, 3.8) is 0 Å². The van der Waals surface area contributed by atoms with Gasteiger partial charge in [-0.15, -0.1) is 0 Å². The van der Waals surface area contributed by atoms with Gasteiger partial charge in [-0.1, -0.05) is 25.8 Å². The summed E-state index contributed by atoms with van der Waals surface area (Å²) >= 11 is 5.14. The van der Waals surface area contributed by atoms with Crippen molar-refractivity contribution in [1.82, 2.24) is 5.32 Å². The van der Waals surface area contributed by atoms with Crippen LogP contribution in [0.15, 0.2) is 42.5 Å². The second-order valence-corrected chi connectivity index (χ2v) is 6.42. The maximum Gasteiger partial charge on any atom is 0.257 e. The molecule has 5 nitrogen and oxygen atoms in total. The van der Waals surface area contributed by atoms with Crippen LogP contribution in [0.5, 0.6) is 11.5 Å². The molecule has 2 rings (SSSR count). The van der Waals surface area contributed by atoms with E-state index < -0.39 is 0 Å². The summed E-state index contributed by atoms with van der Waals surface area (Å²) in [5, 5.41) is 15.4. The van der Waals surface area contributed by atoms with Crippen LogP contribution >= 0.6 is 12.2 Å². The molecule has 0 atom stereocenters. The van der Waals surface area contributed by atoms with E-state index in [1.807, 2.05) is 6.92 Å². The van der Waals surface area contributed by atoms with Gasteiger partial charge in [0.25, 0.3) is 5.91 Å². The number of aromatic hydroxyl groups is 1. The second-order valence-electron chi connectivity index (χ2n) is 6.01. The Morgan fingerprint density at radius 3 is 2.58 bits per heavy atom. The first kappa shape index (κ1) is 19.7. The van der Waals surface area contributed by atoms with Crippen molar-refractivity contribution >= 4 is 28.9 Å². The van der Waals surface area contributed by atoms with Crippen LogP contribution in [-0.2, 0) is 0 Å². The molecule has 0 saturated heterocycles. The predicted molar refractivity (Wildman–Crippen MR) is 108 cm³/mol. The Morgan fingerprint density at radius 2 is 1.88 bits per heavy atom. The van der Waals surface area contributed by atoms with Crippen LogP contribution in [0, 0.1) is 6.92 Å². The number of benzene rings is 2. The number of carbonyl (C=O) groups excluding carboxylic acids is 1. The van der Waals surface area contributed by atoms with Crippen LogP contribution in [-0.4, -0.2) is 22.7 Å². The Bertz CT molecular complexity index is 760. The molecule has 0 heterocycles. The van der Waals surface area contributed by atoms with Gasteiger partial charge >= 0.3 is 0 Å². The van der Waals surface area contributed by atoms with Gasteiger partial charge in [-0.05, 0) is 67.5 Å². The molecule has 0 aliphatic heterocycles. The molecule has 0 radical (unpaired) electrons. The van der Waals surface area contributed by atoms with E-state index >= 15 is 0 Å². The summed E-state index contributed by atoms with van der Waals surface area (Å²) in [6.45, 7) is 4.72. The van der Waals surface area contributed by atoms with Crippen LogP contribution in [0.4, 0.5) is 5.69 Å². The minimum Gasteiger partial charge on any atom is -0.506 e. The zero-order valence-electron chi connectivity index (χ0n) is 15.0. The number of phenols is 1. The van der Waals surface area contributed by atoms with Crippen molar-refractivity contribution in [3.8, 4) is 11.5 Å². The fraction of sp³-hybridized carbons (Fsp3) is 0.300. The number of thiocarbonyl (C=S) groups is 1. The molecule has 0 bridgehead atoms. The molecule has 138 valence electrons. The first-order chi connectivity index (χ1) is 12.5. The third-order valence-electron chi connectivity index (χ3n) is 3.76. The predicted octanol–water partition coefficient (Wildman–Crippen LogP) is 4.40. The normalized spacial score (nSPS) is 10.2. The summed E-state index contributed by atoms with van der Waals surface area (Å²) in [6, 6.07) is 12.0. The summed E-state index contributed by atoms with van der Waals surface area (Å²) in [4.78, 5) is 12.3. The number of anilines is 1. The Morgan fingerprint density at radius 1 is 1.15 bits per heavy atom. The summed E-state index contributed by atoms with van der Waals surface area (Å²) in [6.07, 6.45) is 3.31. The number of aryl methyl sites for hydroxylation is 1. The van der Waals surface area contributed by atoms with Crippen LogP contribution in [0.2, 0.25) is 0 Å². The number of ether oxygens (including phenoxy) is 1. The van der Waals surface area contributed by atoms with Gasteiger partial charge in [-0.3, -0.25) is 10.1 Å². The monoisotopic (exact) mass is 372 g/mol. The molecular weight excluding hydrogens is 348 g/mol. The molecule has 0 aliphatic rings. The number of hydrogen-bond acceptors (Lipinski definition) is 4. The quantitative estimate of drug-likeness (QED) is 0.382. The maximum atomic E-state index is 12.3. The summed E-state index contributed by atoms with van der Waals surface area (Å²) in [7, 11) is 0. The Labute approximate surface area is 159 Å². The highest BCUT2D eigenvalue weighted by atomic mass is 32.1. The van der Waals surface area contributed by atoms with Crippen molar-refractivity contribution in [2.24, 2.45) is 0 Å². The van der Waals surface area contributed by atoms with Crippen molar-refractivity contribution in [3.05, 3.63) is 53.6 Å². The topological polar surface area (TPSA) is 70.6 Å². The first-order valence-electron chi connectivity index (χ1n) is 8.64. The molecule has 2 aromatic carbocycles. The van der Waals surface area contributed by atoms with Gasteiger partial charge in [-0.2, -0.15) is 0 Å². The summed E-state index contributed by atoms with van der Waals surface area (Å²) in [5.74, 6) is 0.479. The number of rotatable bonds is 7. The van der Waals surface area contributed by atoms with E-state index in [-0.39, 0.29) is 16.8 Å². The van der Waals surface area contributed by atoms with Crippen molar-refractivity contribution in [1.29, 1.82) is 0 Å². The number of carbonyl (C=O) groups is 1. The van der Waals surface area contributed by atoms with Gasteiger partial charge in [-0.25, -0.2) is 0 Å². The molecule has 26 heavy (non-hydrogen) atoms. The van der Waals surface area contributed by atoms with Gasteiger partial charge < -0.3 is 15.2 Å². The van der Waals surface area contributed by atoms with E-state index in [0.29, 0.717) is 17.9 Å². The number of phenolic OH excluding ortho intramolecular Hbond substituents is 1. The molecule has 6 heteroatoms. The van der Waals surface area contributed by atoms with Gasteiger partial charge in [0.05, 0.1) is 12.3 Å². The van der Waals surface area contributed by atoms with Crippen molar-refractivity contribution in [2.75, 3.05) is 11.9 Å². The van der Waals surface area contributed by atoms with Gasteiger partial charge in [0.15, 0.2) is 5.11 Å². The lowest BCUT2D eigenvalue weighted by molar-refractivity contribution is 0.0977. The number of unbranched alkanes of at least 4 members (excludes halogenated alkanes) is 2. The third-order valence-corrected chi connectivity index (χ3v) is 3.96. The fourth-order valence-electron chi connectivity index (χ4n) is 2.32. The van der Waals surface area contributed by atoms with Crippen LogP contribution in [0.25, 0.3) is 0 Å². The highest BCUT2D eigenvalue weighted by Gasteiger charge is 2.10. The number of nitrogens with one attached hydrogen (secondary N) is 2. The Hall–Kier alpha value is -2.60. The highest BCUT2D eigenvalue weighted by molar-refractivity contribution is 7.80. The largest absolute Gasteiger partial charge is 0.506 e. The summed E-state index contributed by atoms with van der Waals surface area (Å²) in [5.41, 5.74) is 1.89. The molecule has 0 fully saturated rings. The van der Waals surface area contributed by atoms with Crippen molar-refractivity contribution in [2.45, 2.75) is 33.1 Å². The molecule has 0 saturated carbocycles. The van der Waals surface area contributed by atoms with E-state index in [2.05, 4.69) is 17.6 Å². The number of amides is 1. The SMILES string of the molecule is CCCCCOc1ccc(C(=O)NC(=S)Nc2cc(C)ccc2O)cc1. The standard InChI is InChI=1S/C20H24N2O3S/c1-3-4-5-12-25-16-9-7-15(8-10-16)19(24)22-20(26)21-17-13-14(2)6-11-18(17)23/h6-11,13,23H,3-5,12H2,1-2H3,(H2,21,22,24,26). The molecular formula is C20H24N2O3S. The molecule has 0 aliphatic carbocycles. The van der Waals surface area contributed by atoms with Crippen LogP contribution in [0.3, 0.4) is 0 Å². The van der Waals surface area contributed by atoms with Gasteiger partial charge in [0.2, 0.25) is 0 Å².